The van der Waals surface area contributed by atoms with Crippen molar-refractivity contribution >= 4 is 0 Å². The Hall–Kier alpha value is -1.10. The summed E-state index contributed by atoms with van der Waals surface area (Å²) in [6.07, 6.45) is 0. The molecular formula is C24H42O8. The zero-order valence-corrected chi connectivity index (χ0v) is 19.9. The van der Waals surface area contributed by atoms with Gasteiger partial charge in [-0.25, -0.2) is 0 Å². The van der Waals surface area contributed by atoms with Gasteiger partial charge >= 0.3 is 0 Å². The molecule has 0 bridgehead atoms. The topological polar surface area (TPSA) is 73.8 Å². The molecule has 0 N–H and O–H groups in total. The summed E-state index contributed by atoms with van der Waals surface area (Å²) in [4.78, 5) is 0. The molecule has 1 aromatic rings. The van der Waals surface area contributed by atoms with Gasteiger partial charge in [0.15, 0.2) is 0 Å². The molecule has 0 saturated carbocycles. The lowest BCUT2D eigenvalue weighted by Gasteiger charge is -2.08. The van der Waals surface area contributed by atoms with Crippen molar-refractivity contribution in [3.63, 3.8) is 0 Å². The van der Waals surface area contributed by atoms with E-state index in [1.807, 2.05) is 13.8 Å². The predicted molar refractivity (Wildman–Crippen MR) is 122 cm³/mol. The number of benzene rings is 1. The number of hydrogen-bond acceptors (Lipinski definition) is 8. The Morgan fingerprint density at radius 2 is 0.625 bits per heavy atom. The van der Waals surface area contributed by atoms with E-state index in [9.17, 15) is 0 Å². The largest absolute Gasteiger partial charge is 0.379 e. The van der Waals surface area contributed by atoms with Crippen molar-refractivity contribution in [1.82, 2.24) is 0 Å². The van der Waals surface area contributed by atoms with Crippen LogP contribution in [-0.2, 0) is 51.1 Å². The van der Waals surface area contributed by atoms with Crippen LogP contribution in [0, 0.1) is 0 Å². The van der Waals surface area contributed by atoms with Crippen LogP contribution < -0.4 is 0 Å². The third-order valence-corrected chi connectivity index (χ3v) is 4.20. The summed E-state index contributed by atoms with van der Waals surface area (Å²) < 4.78 is 43.4. The molecule has 0 saturated heterocycles. The summed E-state index contributed by atoms with van der Waals surface area (Å²) in [6.45, 7) is 13.5. The highest BCUT2D eigenvalue weighted by Crippen LogP contribution is 2.07. The van der Waals surface area contributed by atoms with Crippen molar-refractivity contribution in [3.8, 4) is 0 Å². The highest BCUT2D eigenvalue weighted by atomic mass is 16.6. The lowest BCUT2D eigenvalue weighted by atomic mass is 10.1. The SMILES string of the molecule is CCOCCOCCOCCOCc1ccc(COCCOCCOCCOCC)cc1. The van der Waals surface area contributed by atoms with E-state index >= 15 is 0 Å². The lowest BCUT2D eigenvalue weighted by Crippen LogP contribution is -2.12. The lowest BCUT2D eigenvalue weighted by molar-refractivity contribution is -0.00316. The quantitative estimate of drug-likeness (QED) is 0.219. The molecule has 32 heavy (non-hydrogen) atoms. The summed E-state index contributed by atoms with van der Waals surface area (Å²) >= 11 is 0. The fourth-order valence-corrected chi connectivity index (χ4v) is 2.52. The fraction of sp³-hybridized carbons (Fsp3) is 0.750. The molecule has 0 aromatic heterocycles. The summed E-state index contributed by atoms with van der Waals surface area (Å²) in [6, 6.07) is 8.23. The van der Waals surface area contributed by atoms with Crippen molar-refractivity contribution < 1.29 is 37.9 Å². The summed E-state index contributed by atoms with van der Waals surface area (Å²) in [5.41, 5.74) is 2.25. The maximum absolute atomic E-state index is 5.64. The van der Waals surface area contributed by atoms with Gasteiger partial charge in [-0.15, -0.1) is 0 Å². The normalized spacial score (nSPS) is 11.3. The summed E-state index contributed by atoms with van der Waals surface area (Å²) in [7, 11) is 0. The van der Waals surface area contributed by atoms with E-state index in [1.54, 1.807) is 0 Å². The zero-order valence-electron chi connectivity index (χ0n) is 19.9. The van der Waals surface area contributed by atoms with Crippen LogP contribution in [0.3, 0.4) is 0 Å². The van der Waals surface area contributed by atoms with Crippen LogP contribution in [0.2, 0.25) is 0 Å². The van der Waals surface area contributed by atoms with Gasteiger partial charge in [0.2, 0.25) is 0 Å². The minimum atomic E-state index is 0.557. The van der Waals surface area contributed by atoms with Crippen molar-refractivity contribution in [2.24, 2.45) is 0 Å². The third kappa shape index (κ3) is 18.5. The highest BCUT2D eigenvalue weighted by Gasteiger charge is 1.98. The highest BCUT2D eigenvalue weighted by molar-refractivity contribution is 5.21. The molecule has 0 aliphatic rings. The first kappa shape index (κ1) is 28.9. The summed E-state index contributed by atoms with van der Waals surface area (Å²) in [5.74, 6) is 0. The molecule has 0 radical (unpaired) electrons. The first-order valence-corrected chi connectivity index (χ1v) is 11.6. The van der Waals surface area contributed by atoms with Crippen molar-refractivity contribution in [3.05, 3.63) is 35.4 Å². The number of hydrogen-bond donors (Lipinski definition) is 0. The van der Waals surface area contributed by atoms with Gasteiger partial charge in [-0.1, -0.05) is 24.3 Å². The molecule has 0 amide bonds. The van der Waals surface area contributed by atoms with Gasteiger partial charge < -0.3 is 37.9 Å². The maximum Gasteiger partial charge on any atom is 0.0718 e. The maximum atomic E-state index is 5.64. The van der Waals surface area contributed by atoms with E-state index in [0.29, 0.717) is 92.5 Å². The van der Waals surface area contributed by atoms with Crippen molar-refractivity contribution in [2.75, 3.05) is 92.5 Å². The third-order valence-electron chi connectivity index (χ3n) is 4.20. The standard InChI is InChI=1S/C24H42O8/c1-3-25-9-11-27-13-15-29-17-19-31-21-23-5-7-24(8-6-23)22-32-20-18-30-16-14-28-12-10-26-4-2/h5-8H,3-4,9-22H2,1-2H3. The molecule has 0 fully saturated rings. The number of rotatable bonds is 24. The Morgan fingerprint density at radius 1 is 0.375 bits per heavy atom. The van der Waals surface area contributed by atoms with Crippen LogP contribution in [0.1, 0.15) is 25.0 Å². The first-order valence-electron chi connectivity index (χ1n) is 11.6. The molecule has 1 rings (SSSR count). The van der Waals surface area contributed by atoms with Crippen LogP contribution >= 0.6 is 0 Å². The predicted octanol–water partition coefficient (Wildman–Crippen LogP) is 2.86. The second-order valence-electron chi connectivity index (χ2n) is 6.77. The monoisotopic (exact) mass is 458 g/mol. The van der Waals surface area contributed by atoms with Crippen molar-refractivity contribution in [2.45, 2.75) is 27.1 Å². The van der Waals surface area contributed by atoms with Crippen LogP contribution in [0.15, 0.2) is 24.3 Å². The van der Waals surface area contributed by atoms with Gasteiger partial charge in [0.25, 0.3) is 0 Å². The van der Waals surface area contributed by atoms with E-state index in [1.165, 1.54) is 0 Å². The molecule has 186 valence electrons. The van der Waals surface area contributed by atoms with Gasteiger partial charge in [-0.2, -0.15) is 0 Å². The molecule has 1 aromatic carbocycles. The molecule has 0 unspecified atom stereocenters. The Balaban J connectivity index is 1.89. The van der Waals surface area contributed by atoms with E-state index in [-0.39, 0.29) is 0 Å². The fourth-order valence-electron chi connectivity index (χ4n) is 2.52. The average molecular weight is 459 g/mol. The molecule has 0 spiro atoms. The van der Waals surface area contributed by atoms with E-state index < -0.39 is 0 Å². The zero-order chi connectivity index (χ0) is 23.0. The molecule has 8 nitrogen and oxygen atoms in total. The Morgan fingerprint density at radius 3 is 0.906 bits per heavy atom. The summed E-state index contributed by atoms with van der Waals surface area (Å²) in [5, 5.41) is 0. The Kier molecular flexibility index (Phi) is 20.9. The minimum Gasteiger partial charge on any atom is -0.379 e. The molecule has 0 aliphatic heterocycles. The Bertz CT molecular complexity index is 452. The molecule has 0 heterocycles. The number of ether oxygens (including phenoxy) is 8. The van der Waals surface area contributed by atoms with Crippen LogP contribution in [0.25, 0.3) is 0 Å². The van der Waals surface area contributed by atoms with Crippen LogP contribution in [-0.4, -0.2) is 92.5 Å². The first-order chi connectivity index (χ1) is 15.9. The molecule has 8 heteroatoms. The second kappa shape index (κ2) is 23.1. The van der Waals surface area contributed by atoms with E-state index in [2.05, 4.69) is 24.3 Å². The smallest absolute Gasteiger partial charge is 0.0718 e. The second-order valence-corrected chi connectivity index (χ2v) is 6.77. The van der Waals surface area contributed by atoms with Gasteiger partial charge in [-0.3, -0.25) is 0 Å². The minimum absolute atomic E-state index is 0.557. The van der Waals surface area contributed by atoms with Gasteiger partial charge in [0.05, 0.1) is 92.5 Å². The average Bonchev–Trinajstić information content (AvgIpc) is 2.82. The van der Waals surface area contributed by atoms with Gasteiger partial charge in [0.1, 0.15) is 0 Å². The molecular weight excluding hydrogens is 416 g/mol. The van der Waals surface area contributed by atoms with Crippen LogP contribution in [0.4, 0.5) is 0 Å². The van der Waals surface area contributed by atoms with E-state index in [0.717, 1.165) is 24.3 Å². The van der Waals surface area contributed by atoms with Crippen LogP contribution in [0.5, 0.6) is 0 Å². The molecule has 0 aliphatic carbocycles. The van der Waals surface area contributed by atoms with E-state index in [4.69, 9.17) is 37.9 Å². The molecule has 0 atom stereocenters. The van der Waals surface area contributed by atoms with Gasteiger partial charge in [-0.05, 0) is 25.0 Å². The Labute approximate surface area is 193 Å². The van der Waals surface area contributed by atoms with Crippen molar-refractivity contribution in [1.29, 1.82) is 0 Å². The van der Waals surface area contributed by atoms with Gasteiger partial charge in [0, 0.05) is 13.2 Å².